The van der Waals surface area contributed by atoms with Gasteiger partial charge in [0.1, 0.15) is 0 Å². The molecule has 5 nitrogen and oxygen atoms in total. The molecule has 2 rings (SSSR count). The van der Waals surface area contributed by atoms with E-state index in [1.54, 1.807) is 0 Å². The Morgan fingerprint density at radius 1 is 1.10 bits per heavy atom. The topological polar surface area (TPSA) is 47.0 Å². The number of carbonyl (C=O) groups is 1. The molecule has 1 saturated heterocycles. The van der Waals surface area contributed by atoms with Crippen molar-refractivity contribution in [3.63, 3.8) is 0 Å². The minimum atomic E-state index is 0.226. The zero-order valence-corrected chi connectivity index (χ0v) is 12.8. The summed E-state index contributed by atoms with van der Waals surface area (Å²) in [6, 6.07) is 0.465. The van der Waals surface area contributed by atoms with Crippen LogP contribution in [0.5, 0.6) is 0 Å². The minimum absolute atomic E-state index is 0.226. The van der Waals surface area contributed by atoms with Crippen LogP contribution in [0.1, 0.15) is 32.1 Å². The lowest BCUT2D eigenvalue weighted by atomic mass is 9.94. The van der Waals surface area contributed by atoms with Crippen LogP contribution in [0.15, 0.2) is 0 Å². The van der Waals surface area contributed by atoms with Crippen LogP contribution in [0.3, 0.4) is 0 Å². The fourth-order valence-electron chi connectivity index (χ4n) is 3.29. The van der Waals surface area contributed by atoms with Gasteiger partial charge in [-0.25, -0.2) is 0 Å². The highest BCUT2D eigenvalue weighted by Gasteiger charge is 2.24. The van der Waals surface area contributed by atoms with Crippen LogP contribution >= 0.6 is 0 Å². The molecular formula is C15H29N3O2. The van der Waals surface area contributed by atoms with E-state index in [1.165, 1.54) is 32.1 Å². The van der Waals surface area contributed by atoms with E-state index in [1.807, 2.05) is 11.9 Å². The van der Waals surface area contributed by atoms with Crippen molar-refractivity contribution in [1.29, 1.82) is 0 Å². The SMILES string of the molecule is CN(C(=O)CN1CCN(CCO)CC1)C1CCCCC1. The molecule has 1 saturated carbocycles. The number of piperazine rings is 1. The van der Waals surface area contributed by atoms with Crippen molar-refractivity contribution in [2.24, 2.45) is 0 Å². The third kappa shape index (κ3) is 4.43. The van der Waals surface area contributed by atoms with E-state index in [4.69, 9.17) is 5.11 Å². The van der Waals surface area contributed by atoms with E-state index in [9.17, 15) is 4.79 Å². The highest BCUT2D eigenvalue weighted by Crippen LogP contribution is 2.21. The standard InChI is InChI=1S/C15H29N3O2/c1-16(14-5-3-2-4-6-14)15(20)13-18-9-7-17(8-10-18)11-12-19/h14,19H,2-13H2,1H3. The van der Waals surface area contributed by atoms with Crippen LogP contribution in [0.4, 0.5) is 0 Å². The molecule has 0 unspecified atom stereocenters. The van der Waals surface area contributed by atoms with Gasteiger partial charge in [-0.3, -0.25) is 14.6 Å². The number of hydrogen-bond acceptors (Lipinski definition) is 4. The van der Waals surface area contributed by atoms with Crippen molar-refractivity contribution in [2.75, 3.05) is 52.9 Å². The molecule has 1 amide bonds. The molecule has 1 N–H and O–H groups in total. The number of likely N-dealkylation sites (N-methyl/N-ethyl adjacent to an activating group) is 1. The molecule has 0 aromatic carbocycles. The van der Waals surface area contributed by atoms with Gasteiger partial charge in [0, 0.05) is 45.8 Å². The van der Waals surface area contributed by atoms with Crippen LogP contribution in [0, 0.1) is 0 Å². The van der Waals surface area contributed by atoms with Gasteiger partial charge >= 0.3 is 0 Å². The summed E-state index contributed by atoms with van der Waals surface area (Å²) in [5.74, 6) is 0.271. The molecular weight excluding hydrogens is 254 g/mol. The molecule has 0 spiro atoms. The van der Waals surface area contributed by atoms with E-state index < -0.39 is 0 Å². The average Bonchev–Trinajstić information content (AvgIpc) is 2.49. The molecule has 0 aromatic rings. The summed E-state index contributed by atoms with van der Waals surface area (Å²) < 4.78 is 0. The quantitative estimate of drug-likeness (QED) is 0.793. The Balaban J connectivity index is 1.71. The van der Waals surface area contributed by atoms with Crippen molar-refractivity contribution < 1.29 is 9.90 Å². The largest absolute Gasteiger partial charge is 0.395 e. The first-order valence-electron chi connectivity index (χ1n) is 8.02. The van der Waals surface area contributed by atoms with Crippen LogP contribution in [0.25, 0.3) is 0 Å². The molecule has 0 aromatic heterocycles. The number of carbonyl (C=O) groups excluding carboxylic acids is 1. The number of aliphatic hydroxyl groups is 1. The van der Waals surface area contributed by atoms with Gasteiger partial charge in [0.2, 0.25) is 5.91 Å². The second-order valence-corrected chi connectivity index (χ2v) is 6.14. The average molecular weight is 283 g/mol. The number of rotatable bonds is 5. The van der Waals surface area contributed by atoms with Crippen molar-refractivity contribution in [1.82, 2.24) is 14.7 Å². The summed E-state index contributed by atoms with van der Waals surface area (Å²) in [7, 11) is 1.97. The zero-order valence-electron chi connectivity index (χ0n) is 12.8. The van der Waals surface area contributed by atoms with Crippen molar-refractivity contribution in [3.8, 4) is 0 Å². The highest BCUT2D eigenvalue weighted by atomic mass is 16.3. The number of amides is 1. The van der Waals surface area contributed by atoms with Crippen molar-refractivity contribution in [3.05, 3.63) is 0 Å². The Labute approximate surface area is 122 Å². The molecule has 0 radical (unpaired) electrons. The molecule has 1 heterocycles. The maximum Gasteiger partial charge on any atom is 0.236 e. The summed E-state index contributed by atoms with van der Waals surface area (Å²) in [4.78, 5) is 18.8. The summed E-state index contributed by atoms with van der Waals surface area (Å²) in [5, 5.41) is 8.93. The van der Waals surface area contributed by atoms with Crippen LogP contribution < -0.4 is 0 Å². The van der Waals surface area contributed by atoms with E-state index in [-0.39, 0.29) is 12.5 Å². The lowest BCUT2D eigenvalue weighted by Crippen LogP contribution is -2.51. The number of β-amino-alcohol motifs (C(OH)–C–C–N with tert-alkyl or cyclic N) is 1. The Bertz CT molecular complexity index is 297. The van der Waals surface area contributed by atoms with Crippen molar-refractivity contribution in [2.45, 2.75) is 38.1 Å². The van der Waals surface area contributed by atoms with Crippen LogP contribution in [-0.2, 0) is 4.79 Å². The Morgan fingerprint density at radius 3 is 2.30 bits per heavy atom. The zero-order chi connectivity index (χ0) is 14.4. The summed E-state index contributed by atoms with van der Waals surface area (Å²) >= 11 is 0. The van der Waals surface area contributed by atoms with Gasteiger partial charge < -0.3 is 10.0 Å². The molecule has 2 fully saturated rings. The second-order valence-electron chi connectivity index (χ2n) is 6.14. The minimum Gasteiger partial charge on any atom is -0.395 e. The van der Waals surface area contributed by atoms with Crippen LogP contribution in [-0.4, -0.2) is 84.7 Å². The van der Waals surface area contributed by atoms with Gasteiger partial charge in [0.05, 0.1) is 13.2 Å². The molecule has 116 valence electrons. The Hall–Kier alpha value is -0.650. The van der Waals surface area contributed by atoms with E-state index >= 15 is 0 Å². The van der Waals surface area contributed by atoms with E-state index in [0.717, 1.165) is 32.7 Å². The maximum absolute atomic E-state index is 12.3. The number of nitrogens with zero attached hydrogens (tertiary/aromatic N) is 3. The fourth-order valence-corrected chi connectivity index (χ4v) is 3.29. The number of hydrogen-bond donors (Lipinski definition) is 1. The molecule has 0 bridgehead atoms. The lowest BCUT2D eigenvalue weighted by molar-refractivity contribution is -0.134. The first-order valence-corrected chi connectivity index (χ1v) is 8.02. The highest BCUT2D eigenvalue weighted by molar-refractivity contribution is 5.78. The van der Waals surface area contributed by atoms with Gasteiger partial charge in [0.15, 0.2) is 0 Å². The Kier molecular flexibility index (Phi) is 6.26. The molecule has 1 aliphatic carbocycles. The summed E-state index contributed by atoms with van der Waals surface area (Å²) in [5.41, 5.74) is 0. The number of aliphatic hydroxyl groups excluding tert-OH is 1. The first kappa shape index (κ1) is 15.7. The molecule has 1 aliphatic heterocycles. The lowest BCUT2D eigenvalue weighted by Gasteiger charge is -2.36. The van der Waals surface area contributed by atoms with Gasteiger partial charge in [-0.1, -0.05) is 19.3 Å². The fraction of sp³-hybridized carbons (Fsp3) is 0.933. The predicted octanol–water partition coefficient (Wildman–Crippen LogP) is 0.387. The summed E-state index contributed by atoms with van der Waals surface area (Å²) in [6.45, 7) is 5.32. The van der Waals surface area contributed by atoms with Gasteiger partial charge in [0.25, 0.3) is 0 Å². The molecule has 0 atom stereocenters. The third-order valence-electron chi connectivity index (χ3n) is 4.76. The Morgan fingerprint density at radius 2 is 1.70 bits per heavy atom. The van der Waals surface area contributed by atoms with Gasteiger partial charge in [-0.05, 0) is 12.8 Å². The molecule has 5 heteroatoms. The monoisotopic (exact) mass is 283 g/mol. The second kappa shape index (κ2) is 7.96. The van der Waals surface area contributed by atoms with E-state index in [0.29, 0.717) is 12.6 Å². The first-order chi connectivity index (χ1) is 9.70. The summed E-state index contributed by atoms with van der Waals surface area (Å²) in [6.07, 6.45) is 6.20. The van der Waals surface area contributed by atoms with Gasteiger partial charge in [-0.15, -0.1) is 0 Å². The molecule has 2 aliphatic rings. The smallest absolute Gasteiger partial charge is 0.236 e. The third-order valence-corrected chi connectivity index (χ3v) is 4.76. The normalized spacial score (nSPS) is 22.9. The maximum atomic E-state index is 12.3. The predicted molar refractivity (Wildman–Crippen MR) is 79.6 cm³/mol. The van der Waals surface area contributed by atoms with Crippen molar-refractivity contribution >= 4 is 5.91 Å². The van der Waals surface area contributed by atoms with E-state index in [2.05, 4.69) is 9.80 Å². The molecule has 20 heavy (non-hydrogen) atoms. The van der Waals surface area contributed by atoms with Gasteiger partial charge in [-0.2, -0.15) is 0 Å². The van der Waals surface area contributed by atoms with Crippen LogP contribution in [0.2, 0.25) is 0 Å².